The third kappa shape index (κ3) is 6.37. The molecule has 2 aliphatic rings. The average Bonchev–Trinajstić information content (AvgIpc) is 3.78. The first kappa shape index (κ1) is 38.7. The van der Waals surface area contributed by atoms with E-state index in [0.29, 0.717) is 17.5 Å². The summed E-state index contributed by atoms with van der Waals surface area (Å²) in [6, 6.07) is 68.5. The molecule has 304 valence electrons. The zero-order valence-corrected chi connectivity index (χ0v) is 36.7. The van der Waals surface area contributed by atoms with Crippen molar-refractivity contribution in [1.29, 1.82) is 0 Å². The fourth-order valence-electron chi connectivity index (χ4n) is 9.90. The van der Waals surface area contributed by atoms with Crippen LogP contribution in [0.1, 0.15) is 74.9 Å². The van der Waals surface area contributed by atoms with Crippen LogP contribution in [0.4, 0.5) is 0 Å². The maximum Gasteiger partial charge on any atom is 0.164 e. The van der Waals surface area contributed by atoms with E-state index in [-0.39, 0.29) is 10.8 Å². The van der Waals surface area contributed by atoms with E-state index in [2.05, 4.69) is 217 Å². The second kappa shape index (κ2) is 14.4. The first-order valence-electron chi connectivity index (χ1n) is 22.1. The Morgan fingerprint density at radius 3 is 1.08 bits per heavy atom. The molecule has 1 aromatic heterocycles. The summed E-state index contributed by atoms with van der Waals surface area (Å²) in [5.74, 6) is 1.93. The minimum Gasteiger partial charge on any atom is -0.208 e. The van der Waals surface area contributed by atoms with Crippen LogP contribution in [0, 0.1) is 0 Å². The van der Waals surface area contributed by atoms with Crippen LogP contribution in [-0.2, 0) is 16.2 Å². The monoisotopic (exact) mass is 811 g/mol. The van der Waals surface area contributed by atoms with Crippen LogP contribution in [-0.4, -0.2) is 15.0 Å². The van der Waals surface area contributed by atoms with Gasteiger partial charge in [-0.15, -0.1) is 0 Å². The predicted molar refractivity (Wildman–Crippen MR) is 261 cm³/mol. The number of benzene rings is 8. The van der Waals surface area contributed by atoms with Crippen molar-refractivity contribution in [3.8, 4) is 78.7 Å². The lowest BCUT2D eigenvalue weighted by Crippen LogP contribution is -2.27. The second-order valence-electron chi connectivity index (χ2n) is 19.3. The molecule has 8 aromatic carbocycles. The molecular formula is C60H49N3. The van der Waals surface area contributed by atoms with Crippen molar-refractivity contribution < 1.29 is 0 Å². The van der Waals surface area contributed by atoms with Gasteiger partial charge in [0.15, 0.2) is 17.5 Å². The standard InChI is InChI=1S/C60H49N3/c1-58(2,3)45-30-33-49-50-34-31-46(59(4,5)6)37-54(50)60(53(49)36-45)51-20-14-13-19-47(51)48-32-29-44(35-52(48)60)57-62-55(42-25-21-40(22-26-42)38-15-9-7-10-16-38)61-56(63-57)43-27-23-41(24-28-43)39-17-11-8-12-18-39/h7-37H,1-6H3. The predicted octanol–water partition coefficient (Wildman–Crippen LogP) is 15.1. The van der Waals surface area contributed by atoms with Gasteiger partial charge in [-0.3, -0.25) is 0 Å². The van der Waals surface area contributed by atoms with E-state index in [9.17, 15) is 0 Å². The fraction of sp³-hybridized carbons (Fsp3) is 0.150. The first-order chi connectivity index (χ1) is 30.5. The highest BCUT2D eigenvalue weighted by Gasteiger charge is 2.52. The average molecular weight is 812 g/mol. The highest BCUT2D eigenvalue weighted by atomic mass is 15.0. The summed E-state index contributed by atoms with van der Waals surface area (Å²) in [4.78, 5) is 15.8. The summed E-state index contributed by atoms with van der Waals surface area (Å²) in [5.41, 5.74) is 19.9. The fourth-order valence-corrected chi connectivity index (χ4v) is 9.90. The van der Waals surface area contributed by atoms with Crippen LogP contribution in [0.2, 0.25) is 0 Å². The number of hydrogen-bond donors (Lipinski definition) is 0. The maximum absolute atomic E-state index is 5.32. The minimum atomic E-state index is -0.533. The summed E-state index contributed by atoms with van der Waals surface area (Å²) in [5, 5.41) is 0. The van der Waals surface area contributed by atoms with Gasteiger partial charge in [0.05, 0.1) is 5.41 Å². The van der Waals surface area contributed by atoms with E-state index in [1.54, 1.807) is 0 Å². The minimum absolute atomic E-state index is 0.0271. The molecule has 0 radical (unpaired) electrons. The van der Waals surface area contributed by atoms with Crippen molar-refractivity contribution in [3.63, 3.8) is 0 Å². The quantitative estimate of drug-likeness (QED) is 0.174. The van der Waals surface area contributed by atoms with Gasteiger partial charge in [-0.1, -0.05) is 224 Å². The molecule has 0 saturated carbocycles. The largest absolute Gasteiger partial charge is 0.208 e. The van der Waals surface area contributed by atoms with Crippen molar-refractivity contribution in [2.75, 3.05) is 0 Å². The van der Waals surface area contributed by atoms with Crippen molar-refractivity contribution in [3.05, 3.63) is 221 Å². The summed E-state index contributed by atoms with van der Waals surface area (Å²) < 4.78 is 0. The zero-order valence-electron chi connectivity index (χ0n) is 36.7. The Balaban J connectivity index is 1.13. The van der Waals surface area contributed by atoms with Gasteiger partial charge in [0, 0.05) is 16.7 Å². The Kier molecular flexibility index (Phi) is 8.86. The smallest absolute Gasteiger partial charge is 0.164 e. The third-order valence-corrected chi connectivity index (χ3v) is 13.3. The van der Waals surface area contributed by atoms with E-state index < -0.39 is 5.41 Å². The molecule has 2 aliphatic carbocycles. The molecule has 0 N–H and O–H groups in total. The third-order valence-electron chi connectivity index (χ3n) is 13.3. The molecule has 0 unspecified atom stereocenters. The molecule has 9 aromatic rings. The molecule has 0 bridgehead atoms. The van der Waals surface area contributed by atoms with E-state index in [1.807, 2.05) is 12.1 Å². The lowest BCUT2D eigenvalue weighted by Gasteiger charge is -2.33. The topological polar surface area (TPSA) is 38.7 Å². The Morgan fingerprint density at radius 2 is 0.619 bits per heavy atom. The molecule has 0 aliphatic heterocycles. The van der Waals surface area contributed by atoms with E-state index in [4.69, 9.17) is 15.0 Å². The van der Waals surface area contributed by atoms with E-state index >= 15 is 0 Å². The van der Waals surface area contributed by atoms with Gasteiger partial charge < -0.3 is 0 Å². The van der Waals surface area contributed by atoms with Crippen molar-refractivity contribution in [2.45, 2.75) is 57.8 Å². The maximum atomic E-state index is 5.32. The normalized spacial score (nSPS) is 13.4. The molecule has 11 rings (SSSR count). The summed E-state index contributed by atoms with van der Waals surface area (Å²) in [6.45, 7) is 13.9. The lowest BCUT2D eigenvalue weighted by molar-refractivity contribution is 0.586. The van der Waals surface area contributed by atoms with Gasteiger partial charge in [-0.25, -0.2) is 15.0 Å². The second-order valence-corrected chi connectivity index (χ2v) is 19.3. The highest BCUT2D eigenvalue weighted by molar-refractivity contribution is 5.96. The van der Waals surface area contributed by atoms with Crippen LogP contribution in [0.3, 0.4) is 0 Å². The van der Waals surface area contributed by atoms with Crippen LogP contribution in [0.15, 0.2) is 188 Å². The Labute approximate surface area is 371 Å². The summed E-state index contributed by atoms with van der Waals surface area (Å²) >= 11 is 0. The van der Waals surface area contributed by atoms with E-state index in [0.717, 1.165) is 27.8 Å². The van der Waals surface area contributed by atoms with Crippen molar-refractivity contribution >= 4 is 0 Å². The van der Waals surface area contributed by atoms with Crippen LogP contribution >= 0.6 is 0 Å². The summed E-state index contributed by atoms with van der Waals surface area (Å²) in [7, 11) is 0. The zero-order chi connectivity index (χ0) is 43.1. The lowest BCUT2D eigenvalue weighted by atomic mass is 9.68. The molecule has 0 atom stereocenters. The Morgan fingerprint density at radius 1 is 0.286 bits per heavy atom. The molecule has 3 heteroatoms. The first-order valence-corrected chi connectivity index (χ1v) is 22.1. The molecule has 0 saturated heterocycles. The molecule has 63 heavy (non-hydrogen) atoms. The van der Waals surface area contributed by atoms with Gasteiger partial charge in [0.2, 0.25) is 0 Å². The van der Waals surface area contributed by atoms with Crippen molar-refractivity contribution in [2.24, 2.45) is 0 Å². The molecule has 1 heterocycles. The number of rotatable bonds is 5. The van der Waals surface area contributed by atoms with Crippen LogP contribution in [0.5, 0.6) is 0 Å². The van der Waals surface area contributed by atoms with Gasteiger partial charge in [0.25, 0.3) is 0 Å². The summed E-state index contributed by atoms with van der Waals surface area (Å²) in [6.07, 6.45) is 0. The molecule has 1 spiro atoms. The number of aromatic nitrogens is 3. The SMILES string of the molecule is CC(C)(C)c1ccc2c(c1)C1(c3ccccc3-c3ccc(-c4nc(-c5ccc(-c6ccccc6)cc5)nc(-c5ccc(-c6ccccc6)cc5)n4)cc31)c1cc(C(C)(C)C)ccc1-2. The van der Waals surface area contributed by atoms with Crippen LogP contribution < -0.4 is 0 Å². The number of nitrogens with zero attached hydrogens (tertiary/aromatic N) is 3. The Bertz CT molecular complexity index is 3040. The number of fused-ring (bicyclic) bond motifs is 10. The molecule has 0 amide bonds. The molecule has 3 nitrogen and oxygen atoms in total. The highest BCUT2D eigenvalue weighted by Crippen LogP contribution is 2.63. The molecular weight excluding hydrogens is 763 g/mol. The van der Waals surface area contributed by atoms with Gasteiger partial charge in [0.1, 0.15) is 0 Å². The van der Waals surface area contributed by atoms with E-state index in [1.165, 1.54) is 66.8 Å². The molecule has 0 fully saturated rings. The van der Waals surface area contributed by atoms with Gasteiger partial charge in [-0.05, 0) is 94.8 Å². The van der Waals surface area contributed by atoms with Gasteiger partial charge >= 0.3 is 0 Å². The Hall–Kier alpha value is -7.23. The van der Waals surface area contributed by atoms with Gasteiger partial charge in [-0.2, -0.15) is 0 Å². The van der Waals surface area contributed by atoms with Crippen molar-refractivity contribution in [1.82, 2.24) is 15.0 Å². The van der Waals surface area contributed by atoms with Crippen LogP contribution in [0.25, 0.3) is 78.7 Å². The number of hydrogen-bond acceptors (Lipinski definition) is 3.